The fraction of sp³-hybridized carbons (Fsp3) is 0.133. The van der Waals surface area contributed by atoms with Crippen LogP contribution in [-0.4, -0.2) is 20.9 Å². The molecule has 1 aromatic heterocycles. The predicted octanol–water partition coefficient (Wildman–Crippen LogP) is 1.84. The Bertz CT molecular complexity index is 766. The highest BCUT2D eigenvalue weighted by Gasteiger charge is 2.06. The second kappa shape index (κ2) is 6.13. The van der Waals surface area contributed by atoms with Gasteiger partial charge in [0.1, 0.15) is 5.82 Å². The monoisotopic (exact) mass is 288 g/mol. The molecule has 0 unspecified atom stereocenters. The van der Waals surface area contributed by atoms with Crippen molar-refractivity contribution in [3.8, 4) is 0 Å². The van der Waals surface area contributed by atoms with Gasteiger partial charge in [-0.1, -0.05) is 6.07 Å². The lowest BCUT2D eigenvalue weighted by Crippen LogP contribution is -2.23. The third-order valence-electron chi connectivity index (χ3n) is 2.84. The van der Waals surface area contributed by atoms with Crippen LogP contribution in [0.15, 0.2) is 41.3 Å². The standard InChI is InChI=1S/C15H13FN2O3/c1-10-6-14(19)18(17-8-10)9-12-2-4-13(16)7-11(12)3-5-15(20)21/h2-8H,9H2,1H3,(H,20,21)/b5-3+. The number of aryl methyl sites for hydroxylation is 1. The van der Waals surface area contributed by atoms with E-state index >= 15 is 0 Å². The van der Waals surface area contributed by atoms with E-state index in [9.17, 15) is 14.0 Å². The highest BCUT2D eigenvalue weighted by Crippen LogP contribution is 2.14. The van der Waals surface area contributed by atoms with E-state index in [4.69, 9.17) is 5.11 Å². The Morgan fingerprint density at radius 2 is 2.19 bits per heavy atom. The number of hydrogen-bond acceptors (Lipinski definition) is 3. The van der Waals surface area contributed by atoms with Gasteiger partial charge in [-0.15, -0.1) is 0 Å². The van der Waals surface area contributed by atoms with Gasteiger partial charge >= 0.3 is 5.97 Å². The first-order chi connectivity index (χ1) is 9.95. The van der Waals surface area contributed by atoms with Gasteiger partial charge in [0.2, 0.25) is 0 Å². The van der Waals surface area contributed by atoms with Gasteiger partial charge in [0, 0.05) is 12.1 Å². The number of aliphatic carboxylic acids is 1. The number of hydrogen-bond donors (Lipinski definition) is 1. The zero-order valence-corrected chi connectivity index (χ0v) is 11.3. The molecule has 108 valence electrons. The molecule has 0 atom stereocenters. The minimum atomic E-state index is -1.13. The van der Waals surface area contributed by atoms with Gasteiger partial charge in [-0.05, 0) is 41.8 Å². The maximum Gasteiger partial charge on any atom is 0.328 e. The molecule has 0 aliphatic heterocycles. The van der Waals surface area contributed by atoms with Crippen LogP contribution in [0.2, 0.25) is 0 Å². The minimum Gasteiger partial charge on any atom is -0.478 e. The molecule has 0 spiro atoms. The fourth-order valence-corrected chi connectivity index (χ4v) is 1.83. The van der Waals surface area contributed by atoms with E-state index in [2.05, 4.69) is 5.10 Å². The van der Waals surface area contributed by atoms with E-state index in [0.717, 1.165) is 11.6 Å². The van der Waals surface area contributed by atoms with Crippen molar-refractivity contribution in [2.75, 3.05) is 0 Å². The molecule has 0 aliphatic carbocycles. The zero-order chi connectivity index (χ0) is 15.4. The van der Waals surface area contributed by atoms with Crippen LogP contribution in [0.25, 0.3) is 6.08 Å². The fourth-order valence-electron chi connectivity index (χ4n) is 1.83. The zero-order valence-electron chi connectivity index (χ0n) is 11.3. The molecule has 0 saturated carbocycles. The van der Waals surface area contributed by atoms with Crippen molar-refractivity contribution in [2.45, 2.75) is 13.5 Å². The second-order valence-electron chi connectivity index (χ2n) is 4.54. The Labute approximate surface area is 120 Å². The van der Waals surface area contributed by atoms with Crippen molar-refractivity contribution >= 4 is 12.0 Å². The number of carboxylic acid groups (broad SMARTS) is 1. The Kier molecular flexibility index (Phi) is 4.27. The van der Waals surface area contributed by atoms with Crippen LogP contribution in [0.4, 0.5) is 4.39 Å². The largest absolute Gasteiger partial charge is 0.478 e. The van der Waals surface area contributed by atoms with E-state index in [0.29, 0.717) is 11.1 Å². The van der Waals surface area contributed by atoms with Crippen LogP contribution in [0.3, 0.4) is 0 Å². The molecule has 1 N–H and O–H groups in total. The van der Waals surface area contributed by atoms with Gasteiger partial charge in [-0.3, -0.25) is 4.79 Å². The SMILES string of the molecule is Cc1cnn(Cc2ccc(F)cc2/C=C/C(=O)O)c(=O)c1. The van der Waals surface area contributed by atoms with Crippen molar-refractivity contribution in [3.05, 3.63) is 69.4 Å². The van der Waals surface area contributed by atoms with Crippen LogP contribution in [0, 0.1) is 12.7 Å². The summed E-state index contributed by atoms with van der Waals surface area (Å²) < 4.78 is 14.5. The summed E-state index contributed by atoms with van der Waals surface area (Å²) in [6, 6.07) is 5.43. The molecule has 2 aromatic rings. The van der Waals surface area contributed by atoms with Crippen molar-refractivity contribution in [1.82, 2.24) is 9.78 Å². The Morgan fingerprint density at radius 3 is 2.86 bits per heavy atom. The van der Waals surface area contributed by atoms with E-state index in [1.165, 1.54) is 35.0 Å². The summed E-state index contributed by atoms with van der Waals surface area (Å²) in [7, 11) is 0. The lowest BCUT2D eigenvalue weighted by molar-refractivity contribution is -0.131. The summed E-state index contributed by atoms with van der Waals surface area (Å²) in [6.07, 6.45) is 3.77. The highest BCUT2D eigenvalue weighted by atomic mass is 19.1. The molecule has 21 heavy (non-hydrogen) atoms. The Morgan fingerprint density at radius 1 is 1.43 bits per heavy atom. The van der Waals surface area contributed by atoms with Crippen LogP contribution in [0.5, 0.6) is 0 Å². The van der Waals surface area contributed by atoms with Crippen molar-refractivity contribution < 1.29 is 14.3 Å². The van der Waals surface area contributed by atoms with Gasteiger partial charge in [0.15, 0.2) is 0 Å². The van der Waals surface area contributed by atoms with Crippen molar-refractivity contribution in [2.24, 2.45) is 0 Å². The van der Waals surface area contributed by atoms with Gasteiger partial charge in [-0.2, -0.15) is 5.10 Å². The van der Waals surface area contributed by atoms with Gasteiger partial charge in [0.05, 0.1) is 12.7 Å². The molecular formula is C15H13FN2O3. The molecule has 2 rings (SSSR count). The Hall–Kier alpha value is -2.76. The molecule has 0 radical (unpaired) electrons. The van der Waals surface area contributed by atoms with Crippen molar-refractivity contribution in [3.63, 3.8) is 0 Å². The quantitative estimate of drug-likeness (QED) is 0.871. The van der Waals surface area contributed by atoms with E-state index in [-0.39, 0.29) is 12.1 Å². The first-order valence-electron chi connectivity index (χ1n) is 6.19. The van der Waals surface area contributed by atoms with Crippen LogP contribution >= 0.6 is 0 Å². The average molecular weight is 288 g/mol. The number of halogens is 1. The molecular weight excluding hydrogens is 275 g/mol. The number of rotatable bonds is 4. The molecule has 0 fully saturated rings. The summed E-state index contributed by atoms with van der Waals surface area (Å²) in [5.74, 6) is -1.61. The minimum absolute atomic E-state index is 0.138. The molecule has 0 bridgehead atoms. The number of aromatic nitrogens is 2. The molecule has 0 saturated heterocycles. The average Bonchev–Trinajstić information content (AvgIpc) is 2.41. The molecule has 1 heterocycles. The molecule has 6 heteroatoms. The predicted molar refractivity (Wildman–Crippen MR) is 75.4 cm³/mol. The summed E-state index contributed by atoms with van der Waals surface area (Å²) in [5, 5.41) is 12.7. The summed E-state index contributed by atoms with van der Waals surface area (Å²) in [6.45, 7) is 1.90. The maximum absolute atomic E-state index is 13.3. The third kappa shape index (κ3) is 3.85. The number of benzene rings is 1. The van der Waals surface area contributed by atoms with Crippen molar-refractivity contribution in [1.29, 1.82) is 0 Å². The maximum atomic E-state index is 13.3. The third-order valence-corrected chi connectivity index (χ3v) is 2.84. The van der Waals surface area contributed by atoms with Crippen LogP contribution in [0.1, 0.15) is 16.7 Å². The molecule has 1 aromatic carbocycles. The first kappa shape index (κ1) is 14.6. The number of carbonyl (C=O) groups is 1. The smallest absolute Gasteiger partial charge is 0.328 e. The topological polar surface area (TPSA) is 72.2 Å². The Balaban J connectivity index is 2.39. The summed E-state index contributed by atoms with van der Waals surface area (Å²) in [5.41, 5.74) is 1.48. The normalized spacial score (nSPS) is 11.0. The van der Waals surface area contributed by atoms with Gasteiger partial charge in [0.25, 0.3) is 5.56 Å². The molecule has 0 amide bonds. The second-order valence-corrected chi connectivity index (χ2v) is 4.54. The number of carboxylic acids is 1. The van der Waals surface area contributed by atoms with E-state index < -0.39 is 11.8 Å². The van der Waals surface area contributed by atoms with Crippen LogP contribution in [-0.2, 0) is 11.3 Å². The van der Waals surface area contributed by atoms with E-state index in [1.807, 2.05) is 0 Å². The van der Waals surface area contributed by atoms with E-state index in [1.54, 1.807) is 13.1 Å². The summed E-state index contributed by atoms with van der Waals surface area (Å²) in [4.78, 5) is 22.4. The number of nitrogens with zero attached hydrogens (tertiary/aromatic N) is 2. The first-order valence-corrected chi connectivity index (χ1v) is 6.19. The molecule has 0 aliphatic rings. The van der Waals surface area contributed by atoms with Crippen LogP contribution < -0.4 is 5.56 Å². The van der Waals surface area contributed by atoms with Gasteiger partial charge in [-0.25, -0.2) is 13.9 Å². The highest BCUT2D eigenvalue weighted by molar-refractivity contribution is 5.85. The summed E-state index contributed by atoms with van der Waals surface area (Å²) >= 11 is 0. The van der Waals surface area contributed by atoms with Gasteiger partial charge < -0.3 is 5.11 Å². The lowest BCUT2D eigenvalue weighted by Gasteiger charge is -2.08. The molecule has 5 nitrogen and oxygen atoms in total. The lowest BCUT2D eigenvalue weighted by atomic mass is 10.1.